The van der Waals surface area contributed by atoms with Crippen LogP contribution in [0.25, 0.3) is 0 Å². The number of fused-ring (bicyclic) bond motifs is 1. The molecule has 1 aliphatic rings. The largest absolute Gasteiger partial charge is 0.243 e. The molecular weight excluding hydrogens is 297 g/mol. The summed E-state index contributed by atoms with van der Waals surface area (Å²) >= 11 is 1.64. The van der Waals surface area contributed by atoms with Crippen molar-refractivity contribution in [2.45, 2.75) is 30.7 Å². The molecule has 1 N–H and O–H groups in total. The maximum atomic E-state index is 13.5. The molecule has 1 aliphatic carbocycles. The van der Waals surface area contributed by atoms with Gasteiger partial charge >= 0.3 is 0 Å². The lowest BCUT2D eigenvalue weighted by atomic mass is 10.2. The second kappa shape index (κ2) is 5.27. The van der Waals surface area contributed by atoms with Crippen LogP contribution in [-0.4, -0.2) is 8.42 Å². The van der Waals surface area contributed by atoms with E-state index in [2.05, 4.69) is 10.8 Å². The number of rotatable bonds is 4. The molecule has 20 heavy (non-hydrogen) atoms. The summed E-state index contributed by atoms with van der Waals surface area (Å²) in [6.07, 6.45) is 3.34. The number of hydrogen-bond donors (Lipinski definition) is 1. The van der Waals surface area contributed by atoms with E-state index in [0.29, 0.717) is 0 Å². The van der Waals surface area contributed by atoms with Crippen LogP contribution in [-0.2, 0) is 29.4 Å². The van der Waals surface area contributed by atoms with Gasteiger partial charge in [0.25, 0.3) is 0 Å². The molecule has 1 aromatic heterocycles. The zero-order valence-electron chi connectivity index (χ0n) is 10.7. The molecule has 0 aliphatic heterocycles. The molecule has 0 radical (unpaired) electrons. The van der Waals surface area contributed by atoms with Crippen LogP contribution >= 0.6 is 11.3 Å². The Morgan fingerprint density at radius 3 is 2.80 bits per heavy atom. The van der Waals surface area contributed by atoms with E-state index in [4.69, 9.17) is 0 Å². The van der Waals surface area contributed by atoms with E-state index in [1.165, 1.54) is 35.1 Å². The Hall–Kier alpha value is -1.24. The lowest BCUT2D eigenvalue weighted by Gasteiger charge is -2.06. The number of aryl methyl sites for hydroxylation is 2. The third-order valence-electron chi connectivity index (χ3n) is 3.36. The number of sulfonamides is 1. The van der Waals surface area contributed by atoms with Crippen LogP contribution in [0, 0.1) is 5.82 Å². The van der Waals surface area contributed by atoms with Gasteiger partial charge in [0.15, 0.2) is 0 Å². The highest BCUT2D eigenvalue weighted by Gasteiger charge is 2.20. The van der Waals surface area contributed by atoms with Crippen LogP contribution in [0.2, 0.25) is 0 Å². The third-order valence-corrected chi connectivity index (χ3v) is 6.03. The van der Waals surface area contributed by atoms with Crippen molar-refractivity contribution in [3.8, 4) is 0 Å². The van der Waals surface area contributed by atoms with Crippen molar-refractivity contribution in [3.05, 3.63) is 51.5 Å². The average molecular weight is 311 g/mol. The molecule has 1 aromatic carbocycles. The molecule has 0 spiro atoms. The highest BCUT2D eigenvalue weighted by atomic mass is 32.2. The average Bonchev–Trinajstić information content (AvgIpc) is 2.97. The van der Waals surface area contributed by atoms with Crippen molar-refractivity contribution >= 4 is 21.4 Å². The smallest absolute Gasteiger partial charge is 0.207 e. The van der Waals surface area contributed by atoms with Crippen molar-refractivity contribution in [1.82, 2.24) is 4.72 Å². The summed E-state index contributed by atoms with van der Waals surface area (Å²) in [6, 6.07) is 7.45. The van der Waals surface area contributed by atoms with Crippen LogP contribution in [0.1, 0.15) is 21.7 Å². The first-order valence-electron chi connectivity index (χ1n) is 6.41. The molecule has 0 atom stereocenters. The molecule has 0 saturated carbocycles. The third kappa shape index (κ3) is 2.63. The molecular formula is C14H14FNO2S2. The number of nitrogens with one attached hydrogen (secondary N) is 1. The summed E-state index contributed by atoms with van der Waals surface area (Å²) in [5, 5.41) is 0. The van der Waals surface area contributed by atoms with Crippen LogP contribution in [0.4, 0.5) is 4.39 Å². The molecule has 0 fully saturated rings. The fourth-order valence-corrected chi connectivity index (χ4v) is 4.76. The summed E-state index contributed by atoms with van der Waals surface area (Å²) in [7, 11) is -3.80. The summed E-state index contributed by atoms with van der Waals surface area (Å²) in [5.74, 6) is -0.728. The van der Waals surface area contributed by atoms with Gasteiger partial charge in [-0.15, -0.1) is 11.3 Å². The van der Waals surface area contributed by atoms with Crippen LogP contribution < -0.4 is 4.72 Å². The van der Waals surface area contributed by atoms with Crippen molar-refractivity contribution in [3.63, 3.8) is 0 Å². The highest BCUT2D eigenvalue weighted by Crippen LogP contribution is 2.30. The Morgan fingerprint density at radius 2 is 2.05 bits per heavy atom. The number of halogens is 1. The summed E-state index contributed by atoms with van der Waals surface area (Å²) in [5.41, 5.74) is 1.33. The Kier molecular flexibility index (Phi) is 3.62. The lowest BCUT2D eigenvalue weighted by Crippen LogP contribution is -2.23. The second-order valence-corrected chi connectivity index (χ2v) is 7.73. The van der Waals surface area contributed by atoms with E-state index >= 15 is 0 Å². The van der Waals surface area contributed by atoms with Gasteiger partial charge in [-0.1, -0.05) is 12.1 Å². The van der Waals surface area contributed by atoms with E-state index in [1.807, 2.05) is 0 Å². The molecule has 3 rings (SSSR count). The van der Waals surface area contributed by atoms with Crippen molar-refractivity contribution in [2.24, 2.45) is 0 Å². The molecule has 6 heteroatoms. The molecule has 0 amide bonds. The number of benzene rings is 1. The zero-order valence-corrected chi connectivity index (χ0v) is 12.4. The minimum atomic E-state index is -3.80. The van der Waals surface area contributed by atoms with Gasteiger partial charge < -0.3 is 0 Å². The fourth-order valence-electron chi connectivity index (χ4n) is 2.38. The monoisotopic (exact) mass is 311 g/mol. The van der Waals surface area contributed by atoms with Crippen LogP contribution in [0.5, 0.6) is 0 Å². The van der Waals surface area contributed by atoms with Crippen molar-refractivity contribution in [1.29, 1.82) is 0 Å². The Labute approximate surface area is 121 Å². The first-order valence-corrected chi connectivity index (χ1v) is 8.71. The first-order chi connectivity index (χ1) is 9.56. The SMILES string of the molecule is O=S(=O)(NCc1cc2c(s1)CCC2)c1ccccc1F. The first kappa shape index (κ1) is 13.7. The molecule has 0 saturated heterocycles. The topological polar surface area (TPSA) is 46.2 Å². The Bertz CT molecular complexity index is 716. The minimum Gasteiger partial charge on any atom is -0.207 e. The van der Waals surface area contributed by atoms with Crippen LogP contribution in [0.3, 0.4) is 0 Å². The van der Waals surface area contributed by atoms with E-state index in [0.717, 1.165) is 23.8 Å². The van der Waals surface area contributed by atoms with Gasteiger partial charge in [0.05, 0.1) is 0 Å². The molecule has 106 valence electrons. The molecule has 0 bridgehead atoms. The zero-order chi connectivity index (χ0) is 14.2. The summed E-state index contributed by atoms with van der Waals surface area (Å²) < 4.78 is 40.1. The van der Waals surface area contributed by atoms with Gasteiger partial charge in [-0.2, -0.15) is 0 Å². The van der Waals surface area contributed by atoms with E-state index in [1.54, 1.807) is 11.3 Å². The number of thiophene rings is 1. The quantitative estimate of drug-likeness (QED) is 0.944. The normalized spacial score (nSPS) is 14.4. The summed E-state index contributed by atoms with van der Waals surface area (Å²) in [6.45, 7) is 0.217. The Morgan fingerprint density at radius 1 is 1.25 bits per heavy atom. The molecule has 0 unspecified atom stereocenters. The van der Waals surface area contributed by atoms with Gasteiger partial charge in [-0.3, -0.25) is 0 Å². The number of hydrogen-bond acceptors (Lipinski definition) is 3. The minimum absolute atomic E-state index is 0.217. The molecule has 3 nitrogen and oxygen atoms in total. The maximum absolute atomic E-state index is 13.5. The van der Waals surface area contributed by atoms with Gasteiger partial charge in [0, 0.05) is 16.3 Å². The van der Waals surface area contributed by atoms with E-state index < -0.39 is 15.8 Å². The van der Waals surface area contributed by atoms with Gasteiger partial charge in [-0.05, 0) is 43.0 Å². The summed E-state index contributed by atoms with van der Waals surface area (Å²) in [4.78, 5) is 2.03. The Balaban J connectivity index is 1.75. The van der Waals surface area contributed by atoms with Crippen LogP contribution in [0.15, 0.2) is 35.2 Å². The van der Waals surface area contributed by atoms with E-state index in [-0.39, 0.29) is 11.4 Å². The highest BCUT2D eigenvalue weighted by molar-refractivity contribution is 7.89. The van der Waals surface area contributed by atoms with Gasteiger partial charge in [0.1, 0.15) is 10.7 Å². The lowest BCUT2D eigenvalue weighted by molar-refractivity contribution is 0.557. The maximum Gasteiger partial charge on any atom is 0.243 e. The van der Waals surface area contributed by atoms with E-state index in [9.17, 15) is 12.8 Å². The standard InChI is InChI=1S/C14H14FNO2S2/c15-12-5-1-2-7-14(12)20(17,18)16-9-11-8-10-4-3-6-13(10)19-11/h1-2,5,7-8,16H,3-4,6,9H2. The predicted octanol–water partition coefficient (Wildman–Crippen LogP) is 2.85. The predicted molar refractivity (Wildman–Crippen MR) is 76.8 cm³/mol. The fraction of sp³-hybridized carbons (Fsp3) is 0.286. The van der Waals surface area contributed by atoms with Gasteiger partial charge in [-0.25, -0.2) is 17.5 Å². The molecule has 1 heterocycles. The second-order valence-electron chi connectivity index (χ2n) is 4.77. The van der Waals surface area contributed by atoms with Crippen molar-refractivity contribution < 1.29 is 12.8 Å². The van der Waals surface area contributed by atoms with Crippen molar-refractivity contribution in [2.75, 3.05) is 0 Å². The van der Waals surface area contributed by atoms with Gasteiger partial charge in [0.2, 0.25) is 10.0 Å². The molecule has 2 aromatic rings.